The number of nitrogens with zero attached hydrogens (tertiary/aromatic N) is 3. The van der Waals surface area contributed by atoms with E-state index in [2.05, 4.69) is 51.7 Å². The van der Waals surface area contributed by atoms with Crippen LogP contribution in [0.5, 0.6) is 0 Å². The maximum atomic E-state index is 5.25. The number of hydrogen-bond donors (Lipinski definition) is 1. The number of nitrogens with one attached hydrogen (secondary N) is 1. The van der Waals surface area contributed by atoms with Gasteiger partial charge in [0.2, 0.25) is 4.77 Å². The summed E-state index contributed by atoms with van der Waals surface area (Å²) in [4.78, 5) is 2.34. The molecule has 0 aliphatic heterocycles. The van der Waals surface area contributed by atoms with Gasteiger partial charge < -0.3 is 0 Å². The topological polar surface area (TPSA) is 46.0 Å². The summed E-state index contributed by atoms with van der Waals surface area (Å²) >= 11 is 6.97. The molecule has 0 unspecified atom stereocenters. The monoisotopic (exact) mass is 326 g/mol. The van der Waals surface area contributed by atoms with Crippen molar-refractivity contribution in [2.24, 2.45) is 5.10 Å². The zero-order valence-corrected chi connectivity index (χ0v) is 13.4. The van der Waals surface area contributed by atoms with Crippen LogP contribution in [0, 0.1) is 4.77 Å². The summed E-state index contributed by atoms with van der Waals surface area (Å²) in [5, 5.41) is 11.6. The van der Waals surface area contributed by atoms with E-state index in [1.165, 1.54) is 23.3 Å². The highest BCUT2D eigenvalue weighted by Crippen LogP contribution is 2.38. The van der Waals surface area contributed by atoms with Crippen LogP contribution in [0.25, 0.3) is 10.4 Å². The average molecular weight is 326 g/mol. The predicted octanol–water partition coefficient (Wildman–Crippen LogP) is 4.43. The first-order chi connectivity index (χ1) is 10.8. The molecule has 2 heterocycles. The van der Waals surface area contributed by atoms with E-state index in [4.69, 9.17) is 12.2 Å². The number of aromatic nitrogens is 3. The van der Waals surface area contributed by atoms with Gasteiger partial charge in [-0.1, -0.05) is 30.3 Å². The van der Waals surface area contributed by atoms with E-state index in [0.717, 1.165) is 10.7 Å². The van der Waals surface area contributed by atoms with E-state index in [-0.39, 0.29) is 0 Å². The Morgan fingerprint density at radius 1 is 1.23 bits per heavy atom. The Kier molecular flexibility index (Phi) is 3.48. The van der Waals surface area contributed by atoms with E-state index in [0.29, 0.717) is 10.7 Å². The average Bonchev–Trinajstić information content (AvgIpc) is 3.17. The molecular formula is C16H14N4S2. The number of benzene rings is 1. The second kappa shape index (κ2) is 5.62. The van der Waals surface area contributed by atoms with Crippen LogP contribution >= 0.6 is 23.6 Å². The molecule has 3 aromatic rings. The van der Waals surface area contributed by atoms with Crippen molar-refractivity contribution in [3.05, 3.63) is 57.9 Å². The molecule has 0 spiro atoms. The third-order valence-electron chi connectivity index (χ3n) is 3.60. The molecular weight excluding hydrogens is 312 g/mol. The van der Waals surface area contributed by atoms with E-state index < -0.39 is 0 Å². The summed E-state index contributed by atoms with van der Waals surface area (Å²) in [6.45, 7) is 0. The third-order valence-corrected chi connectivity index (χ3v) is 4.94. The fourth-order valence-corrected chi connectivity index (χ4v) is 3.38. The molecule has 4 nitrogen and oxygen atoms in total. The van der Waals surface area contributed by atoms with Gasteiger partial charge in [0.1, 0.15) is 0 Å². The maximum Gasteiger partial charge on any atom is 0.216 e. The van der Waals surface area contributed by atoms with E-state index in [1.54, 1.807) is 16.0 Å². The molecule has 1 fully saturated rings. The molecule has 2 aromatic heterocycles. The van der Waals surface area contributed by atoms with Crippen molar-refractivity contribution in [2.75, 3.05) is 0 Å². The van der Waals surface area contributed by atoms with Crippen molar-refractivity contribution in [3.8, 4) is 10.4 Å². The Morgan fingerprint density at radius 3 is 2.82 bits per heavy atom. The Bertz CT molecular complexity index is 869. The SMILES string of the molecule is S=c1[nH]nc(C2CC2)n1/N=C\c1ccc(-c2ccccc2)s1. The quantitative estimate of drug-likeness (QED) is 0.569. The van der Waals surface area contributed by atoms with Gasteiger partial charge in [-0.25, -0.2) is 0 Å². The van der Waals surface area contributed by atoms with Crippen LogP contribution in [0.2, 0.25) is 0 Å². The van der Waals surface area contributed by atoms with Crippen LogP contribution in [0.15, 0.2) is 47.6 Å². The van der Waals surface area contributed by atoms with Crippen LogP contribution in [-0.2, 0) is 0 Å². The fraction of sp³-hybridized carbons (Fsp3) is 0.188. The van der Waals surface area contributed by atoms with Crippen molar-refractivity contribution in [1.82, 2.24) is 14.9 Å². The lowest BCUT2D eigenvalue weighted by Gasteiger charge is -1.96. The molecule has 0 radical (unpaired) electrons. The summed E-state index contributed by atoms with van der Waals surface area (Å²) in [5.41, 5.74) is 1.23. The normalized spacial score (nSPS) is 14.7. The van der Waals surface area contributed by atoms with Crippen molar-refractivity contribution in [1.29, 1.82) is 0 Å². The second-order valence-corrected chi connectivity index (χ2v) is 6.79. The van der Waals surface area contributed by atoms with Gasteiger partial charge >= 0.3 is 0 Å². The van der Waals surface area contributed by atoms with Gasteiger partial charge in [0, 0.05) is 15.7 Å². The summed E-state index contributed by atoms with van der Waals surface area (Å²) < 4.78 is 2.30. The molecule has 1 aliphatic carbocycles. The Labute approximate surface area is 137 Å². The highest BCUT2D eigenvalue weighted by atomic mass is 32.1. The first kappa shape index (κ1) is 13.6. The highest BCUT2D eigenvalue weighted by Gasteiger charge is 2.29. The number of rotatable bonds is 4. The van der Waals surface area contributed by atoms with Crippen molar-refractivity contribution >= 4 is 29.8 Å². The van der Waals surface area contributed by atoms with Gasteiger partial charge in [-0.3, -0.25) is 5.10 Å². The number of hydrogen-bond acceptors (Lipinski definition) is 4. The Morgan fingerprint density at radius 2 is 2.05 bits per heavy atom. The van der Waals surface area contributed by atoms with Gasteiger partial charge in [-0.15, -0.1) is 11.3 Å². The van der Waals surface area contributed by atoms with Crippen LogP contribution in [0.1, 0.15) is 29.5 Å². The van der Waals surface area contributed by atoms with E-state index >= 15 is 0 Å². The fourth-order valence-electron chi connectivity index (χ4n) is 2.32. The molecule has 110 valence electrons. The summed E-state index contributed by atoms with van der Waals surface area (Å²) in [5.74, 6) is 1.45. The van der Waals surface area contributed by atoms with Gasteiger partial charge in [0.25, 0.3) is 0 Å². The van der Waals surface area contributed by atoms with Crippen LogP contribution < -0.4 is 0 Å². The van der Waals surface area contributed by atoms with Crippen LogP contribution in [-0.4, -0.2) is 21.1 Å². The minimum Gasteiger partial charge on any atom is -0.250 e. The Balaban J connectivity index is 1.61. The Hall–Kier alpha value is -2.05. The molecule has 4 rings (SSSR count). The first-order valence-electron chi connectivity index (χ1n) is 7.18. The minimum absolute atomic E-state index is 0.508. The molecule has 0 amide bonds. The first-order valence-corrected chi connectivity index (χ1v) is 8.40. The maximum absolute atomic E-state index is 5.25. The zero-order valence-electron chi connectivity index (χ0n) is 11.8. The van der Waals surface area contributed by atoms with Crippen molar-refractivity contribution < 1.29 is 0 Å². The molecule has 1 saturated carbocycles. The standard InChI is InChI=1S/C16H14N4S2/c21-16-19-18-15(12-6-7-12)20(16)17-10-13-8-9-14(22-13)11-4-2-1-3-5-11/h1-5,8-10,12H,6-7H2,(H,19,21)/b17-10-. The largest absolute Gasteiger partial charge is 0.250 e. The third kappa shape index (κ3) is 2.67. The van der Waals surface area contributed by atoms with Gasteiger partial charge in [-0.2, -0.15) is 14.9 Å². The van der Waals surface area contributed by atoms with E-state index in [1.807, 2.05) is 12.3 Å². The summed E-state index contributed by atoms with van der Waals surface area (Å²) in [7, 11) is 0. The smallest absolute Gasteiger partial charge is 0.216 e. The summed E-state index contributed by atoms with van der Waals surface area (Å²) in [6.07, 6.45) is 4.20. The zero-order chi connectivity index (χ0) is 14.9. The minimum atomic E-state index is 0.508. The van der Waals surface area contributed by atoms with Gasteiger partial charge in [0.15, 0.2) is 5.82 Å². The van der Waals surface area contributed by atoms with Gasteiger partial charge in [0.05, 0.1) is 6.21 Å². The summed E-state index contributed by atoms with van der Waals surface area (Å²) in [6, 6.07) is 14.6. The molecule has 0 saturated heterocycles. The van der Waals surface area contributed by atoms with Crippen molar-refractivity contribution in [2.45, 2.75) is 18.8 Å². The molecule has 22 heavy (non-hydrogen) atoms. The number of aromatic amines is 1. The number of H-pyrrole nitrogens is 1. The number of thiophene rings is 1. The second-order valence-electron chi connectivity index (χ2n) is 5.29. The molecule has 1 N–H and O–H groups in total. The molecule has 0 bridgehead atoms. The predicted molar refractivity (Wildman–Crippen MR) is 92.1 cm³/mol. The van der Waals surface area contributed by atoms with Crippen molar-refractivity contribution in [3.63, 3.8) is 0 Å². The van der Waals surface area contributed by atoms with Crippen LogP contribution in [0.3, 0.4) is 0 Å². The van der Waals surface area contributed by atoms with Crippen LogP contribution in [0.4, 0.5) is 0 Å². The van der Waals surface area contributed by atoms with E-state index in [9.17, 15) is 0 Å². The lowest BCUT2D eigenvalue weighted by Crippen LogP contribution is -1.96. The van der Waals surface area contributed by atoms with Gasteiger partial charge in [-0.05, 0) is 42.8 Å². The molecule has 1 aromatic carbocycles. The molecule has 1 aliphatic rings. The molecule has 0 atom stereocenters. The lowest BCUT2D eigenvalue weighted by molar-refractivity contribution is 0.773. The lowest BCUT2D eigenvalue weighted by atomic mass is 10.2. The highest BCUT2D eigenvalue weighted by molar-refractivity contribution is 7.71. The molecule has 6 heteroatoms.